The van der Waals surface area contributed by atoms with Gasteiger partial charge in [0, 0.05) is 29.0 Å². The van der Waals surface area contributed by atoms with Crippen molar-refractivity contribution in [1.29, 1.82) is 0 Å². The standard InChI is InChI=1S/C19H22N4/c1-13-4-6-17(7-5-13)19(8-9-19)20-11-16-12-21-23-15(3)10-14(2)22-18(16)23/h4-7,10,12,20H,8-9,11H2,1-3H3. The second-order valence-electron chi connectivity index (χ2n) is 6.75. The Bertz CT molecular complexity index is 857. The topological polar surface area (TPSA) is 42.2 Å². The molecule has 4 heteroatoms. The number of hydrogen-bond donors (Lipinski definition) is 1. The maximum absolute atomic E-state index is 4.66. The first kappa shape index (κ1) is 14.4. The number of fused-ring (bicyclic) bond motifs is 1. The summed E-state index contributed by atoms with van der Waals surface area (Å²) < 4.78 is 1.93. The first-order valence-corrected chi connectivity index (χ1v) is 8.20. The van der Waals surface area contributed by atoms with E-state index in [1.54, 1.807) is 0 Å². The van der Waals surface area contributed by atoms with Gasteiger partial charge in [0.15, 0.2) is 5.65 Å². The van der Waals surface area contributed by atoms with Gasteiger partial charge in [-0.1, -0.05) is 29.8 Å². The van der Waals surface area contributed by atoms with Crippen LogP contribution in [0.1, 0.15) is 40.9 Å². The van der Waals surface area contributed by atoms with Gasteiger partial charge in [0.1, 0.15) is 0 Å². The van der Waals surface area contributed by atoms with Gasteiger partial charge in [0.25, 0.3) is 0 Å². The molecule has 0 aliphatic heterocycles. The molecular weight excluding hydrogens is 284 g/mol. The van der Waals surface area contributed by atoms with E-state index >= 15 is 0 Å². The van der Waals surface area contributed by atoms with E-state index in [0.717, 1.165) is 29.1 Å². The third kappa shape index (κ3) is 2.53. The summed E-state index contributed by atoms with van der Waals surface area (Å²) in [6.45, 7) is 7.03. The largest absolute Gasteiger partial charge is 0.303 e. The summed E-state index contributed by atoms with van der Waals surface area (Å²) in [5.41, 5.74) is 7.13. The first-order chi connectivity index (χ1) is 11.1. The molecule has 0 bridgehead atoms. The molecule has 1 N–H and O–H groups in total. The van der Waals surface area contributed by atoms with Crippen molar-refractivity contribution in [3.05, 3.63) is 64.6 Å². The smallest absolute Gasteiger partial charge is 0.159 e. The summed E-state index contributed by atoms with van der Waals surface area (Å²) in [4.78, 5) is 4.66. The molecule has 1 aromatic carbocycles. The Morgan fingerprint density at radius 1 is 1.13 bits per heavy atom. The molecule has 2 aromatic heterocycles. The number of benzene rings is 1. The van der Waals surface area contributed by atoms with Crippen molar-refractivity contribution in [3.63, 3.8) is 0 Å². The van der Waals surface area contributed by atoms with Crippen molar-refractivity contribution in [1.82, 2.24) is 19.9 Å². The fourth-order valence-corrected chi connectivity index (χ4v) is 3.27. The van der Waals surface area contributed by atoms with E-state index < -0.39 is 0 Å². The van der Waals surface area contributed by atoms with E-state index in [1.807, 2.05) is 17.6 Å². The Morgan fingerprint density at radius 3 is 2.57 bits per heavy atom. The molecule has 1 aliphatic rings. The Labute approximate surface area is 136 Å². The van der Waals surface area contributed by atoms with Crippen molar-refractivity contribution in [3.8, 4) is 0 Å². The Morgan fingerprint density at radius 2 is 1.87 bits per heavy atom. The van der Waals surface area contributed by atoms with Crippen LogP contribution in [0.15, 0.2) is 36.5 Å². The summed E-state index contributed by atoms with van der Waals surface area (Å²) >= 11 is 0. The van der Waals surface area contributed by atoms with Gasteiger partial charge in [0.05, 0.1) is 6.20 Å². The summed E-state index contributed by atoms with van der Waals surface area (Å²) in [7, 11) is 0. The minimum absolute atomic E-state index is 0.140. The zero-order valence-corrected chi connectivity index (χ0v) is 13.9. The number of nitrogens with zero attached hydrogens (tertiary/aromatic N) is 3. The molecule has 4 rings (SSSR count). The Kier molecular flexibility index (Phi) is 3.23. The van der Waals surface area contributed by atoms with Crippen molar-refractivity contribution >= 4 is 5.65 Å². The highest BCUT2D eigenvalue weighted by molar-refractivity contribution is 5.48. The van der Waals surface area contributed by atoms with Crippen LogP contribution in [0.4, 0.5) is 0 Å². The van der Waals surface area contributed by atoms with Crippen molar-refractivity contribution < 1.29 is 0 Å². The summed E-state index contributed by atoms with van der Waals surface area (Å²) in [5.74, 6) is 0. The lowest BCUT2D eigenvalue weighted by Gasteiger charge is -2.18. The number of rotatable bonds is 4. The highest BCUT2D eigenvalue weighted by Gasteiger charge is 2.43. The molecule has 4 nitrogen and oxygen atoms in total. The fraction of sp³-hybridized carbons (Fsp3) is 0.368. The van der Waals surface area contributed by atoms with Crippen LogP contribution in [0.5, 0.6) is 0 Å². The predicted octanol–water partition coefficient (Wildman–Crippen LogP) is 3.43. The SMILES string of the molecule is Cc1ccc(C2(NCc3cnn4c(C)cc(C)nc34)CC2)cc1. The fourth-order valence-electron chi connectivity index (χ4n) is 3.27. The molecule has 0 unspecified atom stereocenters. The highest BCUT2D eigenvalue weighted by atomic mass is 15.3. The van der Waals surface area contributed by atoms with Gasteiger partial charge in [-0.15, -0.1) is 0 Å². The third-order valence-corrected chi connectivity index (χ3v) is 4.82. The molecule has 118 valence electrons. The van der Waals surface area contributed by atoms with E-state index in [4.69, 9.17) is 0 Å². The Balaban J connectivity index is 1.59. The zero-order chi connectivity index (χ0) is 16.0. The molecule has 2 heterocycles. The summed E-state index contributed by atoms with van der Waals surface area (Å²) in [5, 5.41) is 8.22. The number of aryl methyl sites for hydroxylation is 3. The lowest BCUT2D eigenvalue weighted by atomic mass is 10.0. The summed E-state index contributed by atoms with van der Waals surface area (Å²) in [6.07, 6.45) is 4.33. The lowest BCUT2D eigenvalue weighted by Crippen LogP contribution is -2.28. The van der Waals surface area contributed by atoms with E-state index in [9.17, 15) is 0 Å². The lowest BCUT2D eigenvalue weighted by molar-refractivity contribution is 0.519. The molecule has 0 spiro atoms. The minimum Gasteiger partial charge on any atom is -0.303 e. The van der Waals surface area contributed by atoms with Crippen LogP contribution in [0.25, 0.3) is 5.65 Å². The van der Waals surface area contributed by atoms with Crippen LogP contribution in [0, 0.1) is 20.8 Å². The first-order valence-electron chi connectivity index (χ1n) is 8.20. The number of hydrogen-bond acceptors (Lipinski definition) is 3. The highest BCUT2D eigenvalue weighted by Crippen LogP contribution is 2.45. The van der Waals surface area contributed by atoms with Crippen LogP contribution in [0.2, 0.25) is 0 Å². The molecule has 0 radical (unpaired) electrons. The van der Waals surface area contributed by atoms with Gasteiger partial charge in [-0.3, -0.25) is 0 Å². The minimum atomic E-state index is 0.140. The van der Waals surface area contributed by atoms with Gasteiger partial charge in [-0.05, 0) is 45.2 Å². The second kappa shape index (κ2) is 5.17. The number of aromatic nitrogens is 3. The zero-order valence-electron chi connectivity index (χ0n) is 13.9. The average molecular weight is 306 g/mol. The van der Waals surface area contributed by atoms with Crippen LogP contribution in [-0.4, -0.2) is 14.6 Å². The average Bonchev–Trinajstić information content (AvgIpc) is 3.20. The molecule has 0 saturated heterocycles. The maximum Gasteiger partial charge on any atom is 0.159 e. The van der Waals surface area contributed by atoms with E-state index in [2.05, 4.69) is 59.6 Å². The van der Waals surface area contributed by atoms with Crippen molar-refractivity contribution in [2.24, 2.45) is 0 Å². The van der Waals surface area contributed by atoms with Gasteiger partial charge >= 0.3 is 0 Å². The molecule has 0 amide bonds. The normalized spacial score (nSPS) is 16.0. The van der Waals surface area contributed by atoms with Gasteiger partial charge < -0.3 is 5.32 Å². The molecule has 3 aromatic rings. The summed E-state index contributed by atoms with van der Waals surface area (Å²) in [6, 6.07) is 10.9. The van der Waals surface area contributed by atoms with E-state index in [1.165, 1.54) is 24.0 Å². The van der Waals surface area contributed by atoms with Gasteiger partial charge in [0.2, 0.25) is 0 Å². The maximum atomic E-state index is 4.66. The van der Waals surface area contributed by atoms with E-state index in [-0.39, 0.29) is 5.54 Å². The molecule has 1 saturated carbocycles. The van der Waals surface area contributed by atoms with Crippen molar-refractivity contribution in [2.45, 2.75) is 45.7 Å². The molecule has 1 fully saturated rings. The monoisotopic (exact) mass is 306 g/mol. The molecular formula is C19H22N4. The number of nitrogens with one attached hydrogen (secondary N) is 1. The quantitative estimate of drug-likeness (QED) is 0.803. The van der Waals surface area contributed by atoms with E-state index in [0.29, 0.717) is 0 Å². The third-order valence-electron chi connectivity index (χ3n) is 4.82. The van der Waals surface area contributed by atoms with Crippen LogP contribution in [-0.2, 0) is 12.1 Å². The second-order valence-corrected chi connectivity index (χ2v) is 6.75. The van der Waals surface area contributed by atoms with Crippen molar-refractivity contribution in [2.75, 3.05) is 0 Å². The van der Waals surface area contributed by atoms with Crippen LogP contribution < -0.4 is 5.32 Å². The Hall–Kier alpha value is -2.20. The van der Waals surface area contributed by atoms with Crippen LogP contribution in [0.3, 0.4) is 0 Å². The molecule has 0 atom stereocenters. The van der Waals surface area contributed by atoms with Crippen LogP contribution >= 0.6 is 0 Å². The molecule has 23 heavy (non-hydrogen) atoms. The van der Waals surface area contributed by atoms with Gasteiger partial charge in [-0.25, -0.2) is 9.50 Å². The predicted molar refractivity (Wildman–Crippen MR) is 91.4 cm³/mol. The molecule has 1 aliphatic carbocycles. The van der Waals surface area contributed by atoms with Gasteiger partial charge in [-0.2, -0.15) is 5.10 Å².